The van der Waals surface area contributed by atoms with Crippen LogP contribution >= 0.6 is 22.7 Å². The zero-order valence-electron chi connectivity index (χ0n) is 27.9. The van der Waals surface area contributed by atoms with E-state index in [1.807, 2.05) is 29.3 Å². The minimum Gasteiger partial charge on any atom is -0.385 e. The lowest BCUT2D eigenvalue weighted by molar-refractivity contribution is -0.0449. The Morgan fingerprint density at radius 1 is 1.02 bits per heavy atom. The highest BCUT2D eigenvalue weighted by Crippen LogP contribution is 2.45. The summed E-state index contributed by atoms with van der Waals surface area (Å²) in [4.78, 5) is 12.2. The Hall–Kier alpha value is -3.49. The molecule has 0 unspecified atom stereocenters. The van der Waals surface area contributed by atoms with Crippen LogP contribution in [0.25, 0.3) is 20.7 Å². The van der Waals surface area contributed by atoms with Gasteiger partial charge in [-0.1, -0.05) is 66.9 Å². The summed E-state index contributed by atoms with van der Waals surface area (Å²) in [6.45, 7) is 6.44. The third-order valence-electron chi connectivity index (χ3n) is 10.1. The van der Waals surface area contributed by atoms with Crippen LogP contribution in [0.1, 0.15) is 86.6 Å². The highest BCUT2D eigenvalue weighted by atomic mass is 32.1. The van der Waals surface area contributed by atoms with E-state index in [2.05, 4.69) is 40.1 Å². The number of nitrogens with zero attached hydrogens (tertiary/aromatic N) is 7. The number of aliphatic hydroxyl groups is 2. The fraction of sp³-hybridized carbons (Fsp3) is 0.514. The summed E-state index contributed by atoms with van der Waals surface area (Å²) in [5, 5.41) is 39.8. The number of ether oxygens (including phenoxy) is 1. The molecule has 1 aromatic carbocycles. The lowest BCUT2D eigenvalue weighted by atomic mass is 9.73. The number of anilines is 4. The molecule has 254 valence electrons. The molecule has 1 fully saturated rings. The Labute approximate surface area is 289 Å². The van der Waals surface area contributed by atoms with E-state index in [0.29, 0.717) is 17.5 Å². The minimum atomic E-state index is -1.71. The number of thiazole rings is 2. The molecule has 1 aliphatic carbocycles. The Kier molecular flexibility index (Phi) is 9.75. The summed E-state index contributed by atoms with van der Waals surface area (Å²) in [5.74, 6) is 1.43. The smallest absolute Gasteiger partial charge is 0.197 e. The number of para-hydroxylation sites is 1. The third-order valence-corrected chi connectivity index (χ3v) is 12.2. The van der Waals surface area contributed by atoms with Crippen molar-refractivity contribution < 1.29 is 14.9 Å². The van der Waals surface area contributed by atoms with Crippen molar-refractivity contribution in [1.82, 2.24) is 29.9 Å². The summed E-state index contributed by atoms with van der Waals surface area (Å²) in [6.07, 6.45) is 11.9. The number of hydrogen-bond acceptors (Lipinski definition) is 12. The van der Waals surface area contributed by atoms with Crippen molar-refractivity contribution in [3.05, 3.63) is 53.0 Å². The molecule has 0 amide bonds. The summed E-state index contributed by atoms with van der Waals surface area (Å²) in [6, 6.07) is 8.06. The average molecular weight is 689 g/mol. The molecule has 1 aliphatic heterocycles. The van der Waals surface area contributed by atoms with Gasteiger partial charge in [0.25, 0.3) is 0 Å². The van der Waals surface area contributed by atoms with Crippen LogP contribution in [0, 0.1) is 19.3 Å². The van der Waals surface area contributed by atoms with Crippen LogP contribution in [0.3, 0.4) is 0 Å². The zero-order chi connectivity index (χ0) is 33.3. The highest BCUT2D eigenvalue weighted by Gasteiger charge is 2.34. The van der Waals surface area contributed by atoms with Crippen LogP contribution in [-0.2, 0) is 17.7 Å². The first-order chi connectivity index (χ1) is 23.4. The molecular formula is C35H44N8O3S2. The van der Waals surface area contributed by atoms with Crippen molar-refractivity contribution >= 4 is 54.8 Å². The molecular weight excluding hydrogens is 645 g/mol. The van der Waals surface area contributed by atoms with Crippen molar-refractivity contribution in [3.63, 3.8) is 0 Å². The molecule has 48 heavy (non-hydrogen) atoms. The molecule has 11 nitrogen and oxygen atoms in total. The highest BCUT2D eigenvalue weighted by molar-refractivity contribution is 7.22. The van der Waals surface area contributed by atoms with Crippen LogP contribution in [0.5, 0.6) is 0 Å². The molecule has 0 atom stereocenters. The van der Waals surface area contributed by atoms with E-state index in [4.69, 9.17) is 19.8 Å². The zero-order valence-corrected chi connectivity index (χ0v) is 29.5. The summed E-state index contributed by atoms with van der Waals surface area (Å²) in [5.41, 5.74) is 5.39. The van der Waals surface area contributed by atoms with Gasteiger partial charge in [-0.05, 0) is 63.5 Å². The summed E-state index contributed by atoms with van der Waals surface area (Å²) < 4.78 is 8.67. The quantitative estimate of drug-likeness (QED) is 0.0941. The van der Waals surface area contributed by atoms with Gasteiger partial charge >= 0.3 is 0 Å². The van der Waals surface area contributed by atoms with Gasteiger partial charge in [0.15, 0.2) is 28.2 Å². The average Bonchev–Trinajstić information content (AvgIpc) is 3.85. The summed E-state index contributed by atoms with van der Waals surface area (Å²) >= 11 is 3.03. The molecule has 0 bridgehead atoms. The monoisotopic (exact) mass is 688 g/mol. The Balaban J connectivity index is 1.15. The van der Waals surface area contributed by atoms with Crippen molar-refractivity contribution in [2.75, 3.05) is 30.5 Å². The lowest BCUT2D eigenvalue weighted by Gasteiger charge is -2.36. The molecule has 2 aliphatic rings. The predicted octanol–water partition coefficient (Wildman–Crippen LogP) is 7.60. The van der Waals surface area contributed by atoms with Crippen LogP contribution < -0.4 is 10.2 Å². The molecule has 0 saturated heterocycles. The minimum absolute atomic E-state index is 0.182. The number of hydrogen-bond donors (Lipinski definition) is 3. The van der Waals surface area contributed by atoms with E-state index >= 15 is 0 Å². The maximum Gasteiger partial charge on any atom is 0.197 e. The number of aliphatic hydroxyl groups excluding tert-OH is 1. The van der Waals surface area contributed by atoms with Gasteiger partial charge in [0.05, 0.1) is 21.3 Å². The first kappa shape index (κ1) is 33.0. The van der Waals surface area contributed by atoms with Crippen LogP contribution in [0.2, 0.25) is 0 Å². The standard InChI is InChI=1S/C35H44N8O3S2/c1-22-24-14-18-42(31(24)41-40-30(22)39-33-37-26-12-7-8-13-27(26)47-33)34-38-28(32(44)45)29(48-34)25-20-36-43(23(25)2)21-35(17-11-19-46-3)15-9-5-4-6-10-16-35/h7-8,12-13,20,32,44-45H,4-6,9-11,14-19,21H2,1-3H3,(H,37,39,40). The second-order valence-corrected chi connectivity index (χ2v) is 15.2. The van der Waals surface area contributed by atoms with Crippen molar-refractivity contribution in [3.8, 4) is 10.4 Å². The Bertz CT molecular complexity index is 1840. The maximum absolute atomic E-state index is 10.5. The number of fused-ring (bicyclic) bond motifs is 2. The van der Waals surface area contributed by atoms with E-state index in [9.17, 15) is 10.2 Å². The number of benzene rings is 1. The van der Waals surface area contributed by atoms with Gasteiger partial charge in [0.1, 0.15) is 5.69 Å². The second kappa shape index (κ2) is 14.2. The Morgan fingerprint density at radius 3 is 2.58 bits per heavy atom. The first-order valence-corrected chi connectivity index (χ1v) is 18.6. The molecule has 0 radical (unpaired) electrons. The third kappa shape index (κ3) is 6.58. The number of aromatic nitrogens is 6. The van der Waals surface area contributed by atoms with Crippen molar-refractivity contribution in [2.45, 2.75) is 90.9 Å². The van der Waals surface area contributed by atoms with Crippen molar-refractivity contribution in [2.24, 2.45) is 5.41 Å². The van der Waals surface area contributed by atoms with Gasteiger partial charge < -0.3 is 25.2 Å². The Morgan fingerprint density at radius 2 is 1.81 bits per heavy atom. The van der Waals surface area contributed by atoms with E-state index < -0.39 is 6.29 Å². The van der Waals surface area contributed by atoms with Gasteiger partial charge in [-0.15, -0.1) is 10.2 Å². The van der Waals surface area contributed by atoms with Gasteiger partial charge in [-0.25, -0.2) is 9.97 Å². The van der Waals surface area contributed by atoms with Crippen LogP contribution in [-0.4, -0.2) is 60.4 Å². The van der Waals surface area contributed by atoms with Crippen molar-refractivity contribution in [1.29, 1.82) is 0 Å². The van der Waals surface area contributed by atoms with Crippen LogP contribution in [0.15, 0.2) is 30.5 Å². The van der Waals surface area contributed by atoms with E-state index in [-0.39, 0.29) is 11.1 Å². The van der Waals surface area contributed by atoms with Gasteiger partial charge in [-0.3, -0.25) is 4.68 Å². The number of methoxy groups -OCH3 is 1. The molecule has 7 rings (SSSR count). The molecule has 1 saturated carbocycles. The first-order valence-electron chi connectivity index (χ1n) is 17.0. The molecule has 0 spiro atoms. The topological polar surface area (TPSA) is 134 Å². The largest absolute Gasteiger partial charge is 0.385 e. The molecule has 5 aromatic rings. The van der Waals surface area contributed by atoms with Gasteiger partial charge in [-0.2, -0.15) is 5.10 Å². The fourth-order valence-corrected chi connectivity index (χ4v) is 9.45. The van der Waals surface area contributed by atoms with E-state index in [1.165, 1.54) is 56.3 Å². The van der Waals surface area contributed by atoms with E-state index in [1.54, 1.807) is 18.4 Å². The lowest BCUT2D eigenvalue weighted by Crippen LogP contribution is -2.29. The second-order valence-electron chi connectivity index (χ2n) is 13.2. The fourth-order valence-electron chi connectivity index (χ4n) is 7.41. The van der Waals surface area contributed by atoms with Crippen LogP contribution in [0.4, 0.5) is 21.9 Å². The molecule has 13 heteroatoms. The SMILES string of the molecule is COCCCC1(Cn2ncc(-c3sc(N4CCc5c4nnc(Nc4nc6ccccc6s4)c5C)nc3C(O)O)c2C)CCCCCCC1. The maximum atomic E-state index is 10.5. The van der Waals surface area contributed by atoms with E-state index in [0.717, 1.165) is 80.8 Å². The number of nitrogens with one attached hydrogen (secondary N) is 1. The molecule has 5 heterocycles. The normalized spacial score (nSPS) is 16.4. The van der Waals surface area contributed by atoms with Gasteiger partial charge in [0.2, 0.25) is 0 Å². The van der Waals surface area contributed by atoms with Gasteiger partial charge in [0, 0.05) is 49.2 Å². The summed E-state index contributed by atoms with van der Waals surface area (Å²) in [7, 11) is 1.78. The molecule has 3 N–H and O–H groups in total. The number of rotatable bonds is 11. The molecule has 4 aromatic heterocycles. The predicted molar refractivity (Wildman–Crippen MR) is 191 cm³/mol.